The number of rotatable bonds is 4. The molecule has 4 rings (SSSR count). The van der Waals surface area contributed by atoms with E-state index in [2.05, 4.69) is 42.5 Å². The monoisotopic (exact) mass is 342 g/mol. The van der Waals surface area contributed by atoms with Gasteiger partial charge in [0.2, 0.25) is 11.3 Å². The van der Waals surface area contributed by atoms with Crippen molar-refractivity contribution in [3.8, 4) is 0 Å². The van der Waals surface area contributed by atoms with Crippen molar-refractivity contribution >= 4 is 22.9 Å². The summed E-state index contributed by atoms with van der Waals surface area (Å²) >= 11 is 0. The van der Waals surface area contributed by atoms with Crippen LogP contribution in [0.15, 0.2) is 10.8 Å². The lowest BCUT2D eigenvalue weighted by Gasteiger charge is -2.23. The molecular formula is C16H22N8O. The number of anilines is 2. The molecule has 25 heavy (non-hydrogen) atoms. The third-order valence-electron chi connectivity index (χ3n) is 4.78. The van der Waals surface area contributed by atoms with E-state index in [-0.39, 0.29) is 0 Å². The molecule has 0 amide bonds. The van der Waals surface area contributed by atoms with E-state index < -0.39 is 0 Å². The first kappa shape index (κ1) is 15.8. The molecule has 0 spiro atoms. The van der Waals surface area contributed by atoms with Crippen molar-refractivity contribution in [2.75, 3.05) is 23.3 Å². The Kier molecular flexibility index (Phi) is 4.21. The molecule has 1 saturated heterocycles. The smallest absolute Gasteiger partial charge is 0.245 e. The lowest BCUT2D eigenvalue weighted by Crippen LogP contribution is -2.26. The standard InChI is InChI=1S/C16H22N8O/c1-11-12(10-18-23(11)2)9-17-15-16(24-7-5-3-4-6-8-24)20-14-13(19-15)21-25-22-14/h10H,3-9H2,1-2H3,(H,17,19,21). The molecule has 1 fully saturated rings. The highest BCUT2D eigenvalue weighted by Gasteiger charge is 2.19. The van der Waals surface area contributed by atoms with E-state index >= 15 is 0 Å². The Hall–Kier alpha value is -2.71. The van der Waals surface area contributed by atoms with Crippen LogP contribution in [0.1, 0.15) is 36.9 Å². The molecule has 3 aromatic heterocycles. The molecule has 0 aromatic carbocycles. The first-order valence-corrected chi connectivity index (χ1v) is 8.69. The molecular weight excluding hydrogens is 320 g/mol. The van der Waals surface area contributed by atoms with Gasteiger partial charge in [-0.15, -0.1) is 0 Å². The predicted molar refractivity (Wildman–Crippen MR) is 93.3 cm³/mol. The maximum absolute atomic E-state index is 4.79. The van der Waals surface area contributed by atoms with Crippen LogP contribution in [0, 0.1) is 6.92 Å². The fourth-order valence-corrected chi connectivity index (χ4v) is 3.15. The molecule has 4 heterocycles. The van der Waals surface area contributed by atoms with Crippen molar-refractivity contribution in [1.29, 1.82) is 0 Å². The maximum Gasteiger partial charge on any atom is 0.245 e. The Morgan fingerprint density at radius 2 is 1.80 bits per heavy atom. The van der Waals surface area contributed by atoms with Crippen molar-refractivity contribution in [1.82, 2.24) is 30.1 Å². The van der Waals surface area contributed by atoms with Crippen LogP contribution in [-0.2, 0) is 13.6 Å². The molecule has 0 saturated carbocycles. The van der Waals surface area contributed by atoms with E-state index in [1.54, 1.807) is 0 Å². The van der Waals surface area contributed by atoms with Gasteiger partial charge in [-0.2, -0.15) is 5.10 Å². The van der Waals surface area contributed by atoms with Gasteiger partial charge in [0, 0.05) is 37.9 Å². The van der Waals surface area contributed by atoms with Crippen LogP contribution in [0.3, 0.4) is 0 Å². The molecule has 0 bridgehead atoms. The van der Waals surface area contributed by atoms with Gasteiger partial charge in [0.1, 0.15) is 0 Å². The lowest BCUT2D eigenvalue weighted by molar-refractivity contribution is 0.314. The zero-order valence-corrected chi connectivity index (χ0v) is 14.6. The molecule has 9 heteroatoms. The average molecular weight is 342 g/mol. The predicted octanol–water partition coefficient (Wildman–Crippen LogP) is 2.05. The van der Waals surface area contributed by atoms with E-state index in [0.29, 0.717) is 23.7 Å². The van der Waals surface area contributed by atoms with Gasteiger partial charge < -0.3 is 10.2 Å². The molecule has 0 radical (unpaired) electrons. The maximum atomic E-state index is 4.79. The quantitative estimate of drug-likeness (QED) is 0.769. The first-order chi connectivity index (χ1) is 12.2. The van der Waals surface area contributed by atoms with E-state index in [1.807, 2.05) is 17.9 Å². The van der Waals surface area contributed by atoms with Crippen LogP contribution < -0.4 is 10.2 Å². The highest BCUT2D eigenvalue weighted by molar-refractivity contribution is 5.74. The van der Waals surface area contributed by atoms with E-state index in [4.69, 9.17) is 4.63 Å². The van der Waals surface area contributed by atoms with Crippen molar-refractivity contribution < 1.29 is 4.63 Å². The van der Waals surface area contributed by atoms with Crippen LogP contribution in [-0.4, -0.2) is 43.2 Å². The van der Waals surface area contributed by atoms with Gasteiger partial charge in [-0.1, -0.05) is 12.8 Å². The van der Waals surface area contributed by atoms with Gasteiger partial charge in [0.05, 0.1) is 6.20 Å². The first-order valence-electron chi connectivity index (χ1n) is 8.69. The highest BCUT2D eigenvalue weighted by atomic mass is 16.6. The minimum atomic E-state index is 0.420. The summed E-state index contributed by atoms with van der Waals surface area (Å²) in [4.78, 5) is 11.5. The molecule has 0 unspecified atom stereocenters. The molecule has 132 valence electrons. The number of nitrogens with zero attached hydrogens (tertiary/aromatic N) is 7. The second kappa shape index (κ2) is 6.66. The normalized spacial score (nSPS) is 15.5. The molecule has 0 aliphatic carbocycles. The number of hydrogen-bond donors (Lipinski definition) is 1. The van der Waals surface area contributed by atoms with Crippen LogP contribution in [0.5, 0.6) is 0 Å². The van der Waals surface area contributed by atoms with Crippen LogP contribution >= 0.6 is 0 Å². The van der Waals surface area contributed by atoms with Gasteiger partial charge in [-0.05, 0) is 30.1 Å². The zero-order valence-electron chi connectivity index (χ0n) is 14.6. The van der Waals surface area contributed by atoms with Crippen molar-refractivity contribution in [3.63, 3.8) is 0 Å². The summed E-state index contributed by atoms with van der Waals surface area (Å²) in [5, 5.41) is 15.4. The Labute approximate surface area is 145 Å². The second-order valence-electron chi connectivity index (χ2n) is 6.44. The topological polar surface area (TPSA) is 97.8 Å². The summed E-state index contributed by atoms with van der Waals surface area (Å²) in [5.74, 6) is 1.54. The minimum Gasteiger partial charge on any atom is -0.363 e. The number of aromatic nitrogens is 6. The number of aryl methyl sites for hydroxylation is 1. The SMILES string of the molecule is Cc1c(CNc2nc3nonc3nc2N2CCCCCC2)cnn1C. The molecule has 9 nitrogen and oxygen atoms in total. The zero-order chi connectivity index (χ0) is 17.2. The van der Waals surface area contributed by atoms with Gasteiger partial charge in [-0.25, -0.2) is 14.6 Å². The fraction of sp³-hybridized carbons (Fsp3) is 0.562. The summed E-state index contributed by atoms with van der Waals surface area (Å²) in [5.41, 5.74) is 3.12. The highest BCUT2D eigenvalue weighted by Crippen LogP contribution is 2.26. The Balaban J connectivity index is 1.65. The molecule has 0 atom stereocenters. The summed E-state index contributed by atoms with van der Waals surface area (Å²) in [7, 11) is 1.94. The molecule has 1 aliphatic heterocycles. The third kappa shape index (κ3) is 3.13. The number of nitrogens with one attached hydrogen (secondary N) is 1. The summed E-state index contributed by atoms with van der Waals surface area (Å²) in [6.45, 7) is 4.64. The second-order valence-corrected chi connectivity index (χ2v) is 6.44. The van der Waals surface area contributed by atoms with Gasteiger partial charge in [0.15, 0.2) is 11.6 Å². The van der Waals surface area contributed by atoms with Crippen LogP contribution in [0.4, 0.5) is 11.6 Å². The molecule has 1 N–H and O–H groups in total. The van der Waals surface area contributed by atoms with Crippen LogP contribution in [0.2, 0.25) is 0 Å². The lowest BCUT2D eigenvalue weighted by atomic mass is 10.2. The fourth-order valence-electron chi connectivity index (χ4n) is 3.15. The Morgan fingerprint density at radius 3 is 2.48 bits per heavy atom. The minimum absolute atomic E-state index is 0.420. The molecule has 1 aliphatic rings. The van der Waals surface area contributed by atoms with Crippen molar-refractivity contribution in [2.45, 2.75) is 39.2 Å². The Bertz CT molecular complexity index is 862. The molecule has 3 aromatic rings. The summed E-state index contributed by atoms with van der Waals surface area (Å²) in [6.07, 6.45) is 6.72. The van der Waals surface area contributed by atoms with Gasteiger partial charge in [-0.3, -0.25) is 4.68 Å². The summed E-state index contributed by atoms with van der Waals surface area (Å²) < 4.78 is 6.65. The Morgan fingerprint density at radius 1 is 1.08 bits per heavy atom. The summed E-state index contributed by atoms with van der Waals surface area (Å²) in [6, 6.07) is 0. The van der Waals surface area contributed by atoms with Gasteiger partial charge >= 0.3 is 0 Å². The van der Waals surface area contributed by atoms with Crippen LogP contribution in [0.25, 0.3) is 11.3 Å². The third-order valence-corrected chi connectivity index (χ3v) is 4.78. The van der Waals surface area contributed by atoms with Crippen molar-refractivity contribution in [2.24, 2.45) is 7.05 Å². The number of hydrogen-bond acceptors (Lipinski definition) is 8. The van der Waals surface area contributed by atoms with Crippen molar-refractivity contribution in [3.05, 3.63) is 17.5 Å². The van der Waals surface area contributed by atoms with E-state index in [0.717, 1.165) is 43.0 Å². The largest absolute Gasteiger partial charge is 0.363 e. The van der Waals surface area contributed by atoms with E-state index in [9.17, 15) is 0 Å². The average Bonchev–Trinajstić information content (AvgIpc) is 3.08. The van der Waals surface area contributed by atoms with E-state index in [1.165, 1.54) is 12.8 Å². The van der Waals surface area contributed by atoms with Gasteiger partial charge in [0.25, 0.3) is 0 Å². The number of fused-ring (bicyclic) bond motifs is 1.